The fourth-order valence-corrected chi connectivity index (χ4v) is 4.07. The third-order valence-electron chi connectivity index (χ3n) is 6.13. The van der Waals surface area contributed by atoms with E-state index in [-0.39, 0.29) is 41.9 Å². The minimum atomic E-state index is -0.296. The van der Waals surface area contributed by atoms with Gasteiger partial charge in [0.25, 0.3) is 5.91 Å². The number of carbonyl (C=O) groups excluding carboxylic acids is 3. The summed E-state index contributed by atoms with van der Waals surface area (Å²) in [7, 11) is 5.24. The third kappa shape index (κ3) is 4.28. The average Bonchev–Trinajstić information content (AvgIpc) is 3.56. The summed E-state index contributed by atoms with van der Waals surface area (Å²) in [6.07, 6.45) is 3.16. The summed E-state index contributed by atoms with van der Waals surface area (Å²) in [4.78, 5) is 40.6. The summed E-state index contributed by atoms with van der Waals surface area (Å²) in [6, 6.07) is 5.05. The predicted octanol–water partition coefficient (Wildman–Crippen LogP) is 1.89. The van der Waals surface area contributed by atoms with E-state index in [1.807, 2.05) is 0 Å². The minimum absolute atomic E-state index is 0.00146. The summed E-state index contributed by atoms with van der Waals surface area (Å²) in [5.74, 6) is 0.440. The van der Waals surface area contributed by atoms with Crippen LogP contribution in [0.15, 0.2) is 18.2 Å². The largest absolute Gasteiger partial charge is 0.490 e. The summed E-state index contributed by atoms with van der Waals surface area (Å²) >= 11 is 0. The zero-order chi connectivity index (χ0) is 21.4. The van der Waals surface area contributed by atoms with Crippen LogP contribution >= 0.6 is 0 Å². The molecule has 0 radical (unpaired) electrons. The fourth-order valence-electron chi connectivity index (χ4n) is 4.07. The van der Waals surface area contributed by atoms with Gasteiger partial charge in [-0.1, -0.05) is 0 Å². The zero-order valence-corrected chi connectivity index (χ0v) is 17.7. The van der Waals surface area contributed by atoms with Crippen molar-refractivity contribution >= 4 is 23.4 Å². The first-order valence-electron chi connectivity index (χ1n) is 10.5. The molecule has 1 aromatic rings. The number of nitrogens with one attached hydrogen (secondary N) is 1. The summed E-state index contributed by atoms with van der Waals surface area (Å²) in [5, 5.41) is 2.89. The van der Waals surface area contributed by atoms with Crippen molar-refractivity contribution in [1.29, 1.82) is 0 Å². The number of hydrogen-bond acceptors (Lipinski definition) is 5. The minimum Gasteiger partial charge on any atom is -0.490 e. The van der Waals surface area contributed by atoms with Crippen molar-refractivity contribution in [3.05, 3.63) is 23.8 Å². The molecule has 1 aliphatic carbocycles. The molecule has 1 saturated carbocycles. The smallest absolute Gasteiger partial charge is 0.257 e. The normalized spacial score (nSPS) is 25.9. The molecule has 3 amide bonds. The van der Waals surface area contributed by atoms with Crippen LogP contribution < -0.4 is 10.1 Å². The van der Waals surface area contributed by atoms with Gasteiger partial charge in [-0.25, -0.2) is 0 Å². The summed E-state index contributed by atoms with van der Waals surface area (Å²) in [6.45, 7) is 0.301. The second-order valence-corrected chi connectivity index (χ2v) is 8.64. The number of ether oxygens (including phenoxy) is 2. The standard InChI is InChI=1S/C22H29N3O5/c1-24(2)20(26)11-15-7-8-17-19(30-15)12-29-18-9-6-14(23-21(27)13-4-5-13)10-16(18)22(28)25(17)3/h6,9-10,13,15,17,19H,4-5,7-8,11-12H2,1-3H3,(H,23,27)/t15-,17+,19+/m0/s1. The Bertz CT molecular complexity index is 851. The number of fused-ring (bicyclic) bond motifs is 2. The van der Waals surface area contributed by atoms with Crippen LogP contribution in [0, 0.1) is 5.92 Å². The molecule has 162 valence electrons. The number of likely N-dealkylation sites (N-methyl/N-ethyl adjacent to an activating group) is 1. The highest BCUT2D eigenvalue weighted by Crippen LogP contribution is 2.34. The highest BCUT2D eigenvalue weighted by atomic mass is 16.5. The van der Waals surface area contributed by atoms with Crippen LogP contribution in [0.1, 0.15) is 42.5 Å². The van der Waals surface area contributed by atoms with Gasteiger partial charge in [0.05, 0.1) is 24.1 Å². The van der Waals surface area contributed by atoms with Gasteiger partial charge >= 0.3 is 0 Å². The Morgan fingerprint density at radius 3 is 2.67 bits per heavy atom. The van der Waals surface area contributed by atoms with Gasteiger partial charge in [0.1, 0.15) is 18.5 Å². The number of nitrogens with zero attached hydrogens (tertiary/aromatic N) is 2. The van der Waals surface area contributed by atoms with Crippen LogP contribution in [0.25, 0.3) is 0 Å². The molecular weight excluding hydrogens is 386 g/mol. The lowest BCUT2D eigenvalue weighted by atomic mass is 9.94. The van der Waals surface area contributed by atoms with E-state index in [1.165, 1.54) is 0 Å². The van der Waals surface area contributed by atoms with Crippen LogP contribution in [0.3, 0.4) is 0 Å². The van der Waals surface area contributed by atoms with Crippen LogP contribution in [-0.4, -0.2) is 73.5 Å². The van der Waals surface area contributed by atoms with Crippen molar-refractivity contribution < 1.29 is 23.9 Å². The van der Waals surface area contributed by atoms with Gasteiger partial charge in [-0.15, -0.1) is 0 Å². The van der Waals surface area contributed by atoms with Gasteiger partial charge in [0, 0.05) is 32.7 Å². The Balaban J connectivity index is 1.49. The highest BCUT2D eigenvalue weighted by Gasteiger charge is 2.39. The Hall–Kier alpha value is -2.61. The Labute approximate surface area is 176 Å². The van der Waals surface area contributed by atoms with Crippen LogP contribution in [0.5, 0.6) is 5.75 Å². The molecule has 4 rings (SSSR count). The third-order valence-corrected chi connectivity index (χ3v) is 6.13. The van der Waals surface area contributed by atoms with Crippen LogP contribution in [0.2, 0.25) is 0 Å². The molecule has 0 unspecified atom stereocenters. The van der Waals surface area contributed by atoms with E-state index < -0.39 is 0 Å². The Morgan fingerprint density at radius 1 is 1.20 bits per heavy atom. The molecule has 8 heteroatoms. The van der Waals surface area contributed by atoms with Gasteiger partial charge < -0.3 is 24.6 Å². The first-order chi connectivity index (χ1) is 14.3. The maximum Gasteiger partial charge on any atom is 0.257 e. The van der Waals surface area contributed by atoms with Crippen molar-refractivity contribution in [1.82, 2.24) is 9.80 Å². The molecule has 2 heterocycles. The monoisotopic (exact) mass is 415 g/mol. The lowest BCUT2D eigenvalue weighted by Gasteiger charge is -2.42. The molecule has 1 saturated heterocycles. The van der Waals surface area contributed by atoms with Gasteiger partial charge in [-0.3, -0.25) is 14.4 Å². The summed E-state index contributed by atoms with van der Waals surface area (Å²) in [5.41, 5.74) is 1.05. The second-order valence-electron chi connectivity index (χ2n) is 8.64. The van der Waals surface area contributed by atoms with Crippen molar-refractivity contribution in [2.75, 3.05) is 33.1 Å². The van der Waals surface area contributed by atoms with Gasteiger partial charge in [0.15, 0.2) is 0 Å². The number of rotatable bonds is 4. The average molecular weight is 415 g/mol. The molecule has 3 aliphatic rings. The van der Waals surface area contributed by atoms with E-state index in [4.69, 9.17) is 9.47 Å². The molecule has 2 fully saturated rings. The van der Waals surface area contributed by atoms with E-state index in [9.17, 15) is 14.4 Å². The molecule has 2 aliphatic heterocycles. The molecule has 0 bridgehead atoms. The van der Waals surface area contributed by atoms with Crippen molar-refractivity contribution in [3.8, 4) is 5.75 Å². The van der Waals surface area contributed by atoms with Crippen molar-refractivity contribution in [2.45, 2.75) is 50.4 Å². The van der Waals surface area contributed by atoms with Gasteiger partial charge in [-0.2, -0.15) is 0 Å². The molecular formula is C22H29N3O5. The zero-order valence-electron chi connectivity index (χ0n) is 17.7. The molecule has 0 spiro atoms. The quantitative estimate of drug-likeness (QED) is 0.811. The number of benzene rings is 1. The second kappa shape index (κ2) is 8.26. The topological polar surface area (TPSA) is 88.2 Å². The molecule has 30 heavy (non-hydrogen) atoms. The van der Waals surface area contributed by atoms with Gasteiger partial charge in [-0.05, 0) is 43.9 Å². The predicted molar refractivity (Wildman–Crippen MR) is 110 cm³/mol. The van der Waals surface area contributed by atoms with E-state index in [0.29, 0.717) is 36.4 Å². The maximum atomic E-state index is 13.2. The lowest BCUT2D eigenvalue weighted by molar-refractivity contribution is -0.140. The van der Waals surface area contributed by atoms with Gasteiger partial charge in [0.2, 0.25) is 11.8 Å². The van der Waals surface area contributed by atoms with E-state index in [2.05, 4.69) is 5.32 Å². The van der Waals surface area contributed by atoms with E-state index in [0.717, 1.165) is 19.3 Å². The molecule has 0 aromatic heterocycles. The SMILES string of the molecule is CN(C)C(=O)C[C@@H]1CC[C@@H]2[C@@H](COc3ccc(NC(=O)C4CC4)cc3C(=O)N2C)O1. The van der Waals surface area contributed by atoms with Crippen molar-refractivity contribution in [3.63, 3.8) is 0 Å². The Morgan fingerprint density at radius 2 is 1.97 bits per heavy atom. The molecule has 1 N–H and O–H groups in total. The number of hydrogen-bond donors (Lipinski definition) is 1. The first kappa shape index (κ1) is 20.7. The van der Waals surface area contributed by atoms with E-state index in [1.54, 1.807) is 49.1 Å². The maximum absolute atomic E-state index is 13.2. The number of amides is 3. The highest BCUT2D eigenvalue weighted by molar-refractivity contribution is 6.00. The molecule has 1 aromatic carbocycles. The number of carbonyl (C=O) groups is 3. The van der Waals surface area contributed by atoms with Crippen LogP contribution in [0.4, 0.5) is 5.69 Å². The fraction of sp³-hybridized carbons (Fsp3) is 0.591. The van der Waals surface area contributed by atoms with Crippen molar-refractivity contribution in [2.24, 2.45) is 5.92 Å². The molecule has 8 nitrogen and oxygen atoms in total. The lowest BCUT2D eigenvalue weighted by Crippen LogP contribution is -2.53. The molecule has 3 atom stereocenters. The Kier molecular flexibility index (Phi) is 5.69. The number of anilines is 1. The van der Waals surface area contributed by atoms with E-state index >= 15 is 0 Å². The first-order valence-corrected chi connectivity index (χ1v) is 10.5. The summed E-state index contributed by atoms with van der Waals surface area (Å²) < 4.78 is 12.1. The van der Waals surface area contributed by atoms with Crippen LogP contribution in [-0.2, 0) is 14.3 Å².